The maximum Gasteiger partial charge on any atom is 0.232 e. The van der Waals surface area contributed by atoms with E-state index in [0.717, 1.165) is 0 Å². The number of rotatable bonds is 4. The van der Waals surface area contributed by atoms with Crippen molar-refractivity contribution in [1.29, 1.82) is 0 Å². The fraction of sp³-hybridized carbons (Fsp3) is 0.0667. The second-order valence-electron chi connectivity index (χ2n) is 4.14. The summed E-state index contributed by atoms with van der Waals surface area (Å²) in [6.07, 6.45) is -0.182. The average Bonchev–Trinajstić information content (AvgIpc) is 2.40. The Morgan fingerprint density at radius 3 is 2.21 bits per heavy atom. The monoisotopic (exact) mass is 254 g/mol. The number of benzene rings is 2. The minimum absolute atomic E-state index is 0.182. The van der Waals surface area contributed by atoms with Gasteiger partial charge in [-0.3, -0.25) is 9.59 Å². The molecule has 0 spiro atoms. The van der Waals surface area contributed by atoms with E-state index >= 15 is 0 Å². The highest BCUT2D eigenvalue weighted by Crippen LogP contribution is 2.10. The summed E-state index contributed by atoms with van der Waals surface area (Å²) in [6.45, 7) is 0. The molecule has 19 heavy (non-hydrogen) atoms. The summed E-state index contributed by atoms with van der Waals surface area (Å²) >= 11 is 0. The lowest BCUT2D eigenvalue weighted by Crippen LogP contribution is -2.16. The SMILES string of the molecule is Nc1ccc(C(=O)CC(=O)Nc2ccccc2)cc1. The van der Waals surface area contributed by atoms with Gasteiger partial charge in [0.15, 0.2) is 5.78 Å². The molecule has 2 rings (SSSR count). The Balaban J connectivity index is 1.95. The van der Waals surface area contributed by atoms with Gasteiger partial charge in [-0.2, -0.15) is 0 Å². The first-order valence-corrected chi connectivity index (χ1v) is 5.89. The van der Waals surface area contributed by atoms with Crippen LogP contribution in [0.3, 0.4) is 0 Å². The lowest BCUT2D eigenvalue weighted by Gasteiger charge is -2.04. The number of carbonyl (C=O) groups is 2. The van der Waals surface area contributed by atoms with Crippen LogP contribution in [-0.2, 0) is 4.79 Å². The van der Waals surface area contributed by atoms with Crippen molar-refractivity contribution in [2.24, 2.45) is 0 Å². The van der Waals surface area contributed by atoms with Crippen LogP contribution in [0.1, 0.15) is 16.8 Å². The summed E-state index contributed by atoms with van der Waals surface area (Å²) < 4.78 is 0. The molecule has 96 valence electrons. The Labute approximate surface area is 111 Å². The second kappa shape index (κ2) is 5.82. The molecule has 2 aromatic rings. The molecular formula is C15H14N2O2. The van der Waals surface area contributed by atoms with Gasteiger partial charge in [0, 0.05) is 16.9 Å². The zero-order chi connectivity index (χ0) is 13.7. The van der Waals surface area contributed by atoms with Crippen LogP contribution in [0.2, 0.25) is 0 Å². The van der Waals surface area contributed by atoms with Crippen molar-refractivity contribution in [3.05, 3.63) is 60.2 Å². The quantitative estimate of drug-likeness (QED) is 0.500. The first kappa shape index (κ1) is 12.8. The Morgan fingerprint density at radius 2 is 1.58 bits per heavy atom. The van der Waals surface area contributed by atoms with Crippen LogP contribution in [0.4, 0.5) is 11.4 Å². The van der Waals surface area contributed by atoms with Gasteiger partial charge in [-0.05, 0) is 36.4 Å². The molecule has 0 radical (unpaired) electrons. The van der Waals surface area contributed by atoms with Crippen molar-refractivity contribution in [3.8, 4) is 0 Å². The number of amides is 1. The van der Waals surface area contributed by atoms with E-state index in [1.165, 1.54) is 0 Å². The van der Waals surface area contributed by atoms with Crippen molar-refractivity contribution >= 4 is 23.1 Å². The van der Waals surface area contributed by atoms with E-state index in [1.54, 1.807) is 36.4 Å². The van der Waals surface area contributed by atoms with E-state index in [0.29, 0.717) is 16.9 Å². The third-order valence-electron chi connectivity index (χ3n) is 2.61. The molecule has 1 amide bonds. The minimum atomic E-state index is -0.326. The van der Waals surface area contributed by atoms with Crippen molar-refractivity contribution < 1.29 is 9.59 Å². The minimum Gasteiger partial charge on any atom is -0.399 e. The number of hydrogen-bond donors (Lipinski definition) is 2. The molecule has 0 atom stereocenters. The average molecular weight is 254 g/mol. The molecule has 0 aliphatic rings. The van der Waals surface area contributed by atoms with Gasteiger partial charge < -0.3 is 11.1 Å². The summed E-state index contributed by atoms with van der Waals surface area (Å²) in [5.74, 6) is -0.554. The van der Waals surface area contributed by atoms with E-state index in [-0.39, 0.29) is 18.1 Å². The number of Topliss-reactive ketones (excluding diaryl/α,β-unsaturated/α-hetero) is 1. The van der Waals surface area contributed by atoms with Gasteiger partial charge in [0.05, 0.1) is 6.42 Å². The normalized spacial score (nSPS) is 9.89. The molecule has 0 bridgehead atoms. The van der Waals surface area contributed by atoms with Crippen LogP contribution in [0, 0.1) is 0 Å². The number of nitrogens with one attached hydrogen (secondary N) is 1. The van der Waals surface area contributed by atoms with Gasteiger partial charge in [0.2, 0.25) is 5.91 Å². The van der Waals surface area contributed by atoms with E-state index in [1.807, 2.05) is 18.2 Å². The molecule has 0 aliphatic heterocycles. The molecule has 4 nitrogen and oxygen atoms in total. The fourth-order valence-corrected chi connectivity index (χ4v) is 1.64. The highest BCUT2D eigenvalue weighted by molar-refractivity contribution is 6.11. The molecule has 0 heterocycles. The third kappa shape index (κ3) is 3.67. The number of carbonyl (C=O) groups excluding carboxylic acids is 2. The van der Waals surface area contributed by atoms with Crippen LogP contribution in [-0.4, -0.2) is 11.7 Å². The van der Waals surface area contributed by atoms with Crippen LogP contribution < -0.4 is 11.1 Å². The number of hydrogen-bond acceptors (Lipinski definition) is 3. The van der Waals surface area contributed by atoms with E-state index < -0.39 is 0 Å². The summed E-state index contributed by atoms with van der Waals surface area (Å²) in [5, 5.41) is 2.67. The molecule has 0 fully saturated rings. The number of anilines is 2. The third-order valence-corrected chi connectivity index (χ3v) is 2.61. The highest BCUT2D eigenvalue weighted by Gasteiger charge is 2.11. The number of nitrogens with two attached hydrogens (primary N) is 1. The van der Waals surface area contributed by atoms with Gasteiger partial charge in [0.25, 0.3) is 0 Å². The molecule has 0 aromatic heterocycles. The van der Waals surface area contributed by atoms with E-state index in [9.17, 15) is 9.59 Å². The Hall–Kier alpha value is -2.62. The van der Waals surface area contributed by atoms with E-state index in [2.05, 4.69) is 5.32 Å². The summed E-state index contributed by atoms with van der Waals surface area (Å²) in [7, 11) is 0. The fourth-order valence-electron chi connectivity index (χ4n) is 1.64. The highest BCUT2D eigenvalue weighted by atomic mass is 16.2. The molecule has 0 saturated heterocycles. The summed E-state index contributed by atoms with van der Waals surface area (Å²) in [6, 6.07) is 15.5. The molecule has 0 saturated carbocycles. The van der Waals surface area contributed by atoms with Gasteiger partial charge in [-0.25, -0.2) is 0 Å². The van der Waals surface area contributed by atoms with Crippen molar-refractivity contribution in [2.45, 2.75) is 6.42 Å². The van der Waals surface area contributed by atoms with Gasteiger partial charge in [-0.1, -0.05) is 18.2 Å². The molecular weight excluding hydrogens is 240 g/mol. The van der Waals surface area contributed by atoms with Crippen LogP contribution in [0.25, 0.3) is 0 Å². The van der Waals surface area contributed by atoms with Crippen LogP contribution in [0.15, 0.2) is 54.6 Å². The zero-order valence-corrected chi connectivity index (χ0v) is 10.3. The van der Waals surface area contributed by atoms with Crippen molar-refractivity contribution in [3.63, 3.8) is 0 Å². The second-order valence-corrected chi connectivity index (χ2v) is 4.14. The Morgan fingerprint density at radius 1 is 0.947 bits per heavy atom. The van der Waals surface area contributed by atoms with E-state index in [4.69, 9.17) is 5.73 Å². The predicted octanol–water partition coefficient (Wildman–Crippen LogP) is 2.48. The van der Waals surface area contributed by atoms with Crippen LogP contribution >= 0.6 is 0 Å². The summed E-state index contributed by atoms with van der Waals surface area (Å²) in [4.78, 5) is 23.6. The molecule has 3 N–H and O–H groups in total. The predicted molar refractivity (Wildman–Crippen MR) is 74.9 cm³/mol. The maximum absolute atomic E-state index is 11.9. The molecule has 4 heteroatoms. The Bertz CT molecular complexity index is 577. The van der Waals surface area contributed by atoms with Gasteiger partial charge >= 0.3 is 0 Å². The Kier molecular flexibility index (Phi) is 3.93. The number of nitrogen functional groups attached to an aromatic ring is 1. The largest absolute Gasteiger partial charge is 0.399 e. The summed E-state index contributed by atoms with van der Waals surface area (Å²) in [5.41, 5.74) is 7.29. The molecule has 2 aromatic carbocycles. The lowest BCUT2D eigenvalue weighted by atomic mass is 10.1. The topological polar surface area (TPSA) is 72.2 Å². The zero-order valence-electron chi connectivity index (χ0n) is 10.3. The van der Waals surface area contributed by atoms with Crippen LogP contribution in [0.5, 0.6) is 0 Å². The standard InChI is InChI=1S/C15H14N2O2/c16-12-8-6-11(7-9-12)14(18)10-15(19)17-13-4-2-1-3-5-13/h1-9H,10,16H2,(H,17,19). The van der Waals surface area contributed by atoms with Crippen molar-refractivity contribution in [1.82, 2.24) is 0 Å². The first-order chi connectivity index (χ1) is 9.15. The first-order valence-electron chi connectivity index (χ1n) is 5.89. The number of para-hydroxylation sites is 1. The lowest BCUT2D eigenvalue weighted by molar-refractivity contribution is -0.115. The van der Waals surface area contributed by atoms with Gasteiger partial charge in [-0.15, -0.1) is 0 Å². The molecule has 0 unspecified atom stereocenters. The van der Waals surface area contributed by atoms with Crippen molar-refractivity contribution in [2.75, 3.05) is 11.1 Å². The van der Waals surface area contributed by atoms with Gasteiger partial charge in [0.1, 0.15) is 0 Å². The molecule has 0 aliphatic carbocycles. The smallest absolute Gasteiger partial charge is 0.232 e. The maximum atomic E-state index is 11.9. The number of ketones is 1.